The molecule has 0 radical (unpaired) electrons. The first-order valence-corrected chi connectivity index (χ1v) is 7.72. The predicted molar refractivity (Wildman–Crippen MR) is 70.2 cm³/mol. The van der Waals surface area contributed by atoms with Crippen LogP contribution in [0.2, 0.25) is 0 Å². The molecule has 0 fully saturated rings. The van der Waals surface area contributed by atoms with E-state index in [1.807, 2.05) is 0 Å². The van der Waals surface area contributed by atoms with Crippen molar-refractivity contribution in [3.8, 4) is 0 Å². The lowest BCUT2D eigenvalue weighted by atomic mass is 10.3. The molecule has 0 saturated carbocycles. The Kier molecular flexibility index (Phi) is 7.35. The van der Waals surface area contributed by atoms with Crippen LogP contribution in [-0.4, -0.2) is 47.5 Å². The van der Waals surface area contributed by atoms with E-state index in [-0.39, 0.29) is 0 Å². The lowest BCUT2D eigenvalue weighted by Gasteiger charge is -2.29. The number of halogens is 3. The largest absolute Gasteiger partial charge is 0.522 e. The van der Waals surface area contributed by atoms with Gasteiger partial charge in [0.05, 0.1) is 6.17 Å². The van der Waals surface area contributed by atoms with Crippen LogP contribution in [0.1, 0.15) is 33.6 Å². The minimum Gasteiger partial charge on any atom is -0.356 e. The van der Waals surface area contributed by atoms with Gasteiger partial charge in [-0.1, -0.05) is 13.8 Å². The molecule has 1 rings (SSSR count). The zero-order valence-corrected chi connectivity index (χ0v) is 12.6. The number of hydrogen-bond donors (Lipinski definition) is 1. The first-order chi connectivity index (χ1) is 9.04. The molecular formula is C11H21F3N2O3S. The van der Waals surface area contributed by atoms with Gasteiger partial charge in [0.1, 0.15) is 0 Å². The number of alkyl halides is 3. The van der Waals surface area contributed by atoms with Gasteiger partial charge in [-0.15, -0.1) is 0 Å². The van der Waals surface area contributed by atoms with Crippen molar-refractivity contribution in [2.75, 3.05) is 13.1 Å². The maximum Gasteiger partial charge on any atom is 0.522 e. The van der Waals surface area contributed by atoms with E-state index in [1.54, 1.807) is 0 Å². The highest BCUT2D eigenvalue weighted by molar-refractivity contribution is 7.86. The maximum atomic E-state index is 10.7. The van der Waals surface area contributed by atoms with Crippen molar-refractivity contribution >= 4 is 10.1 Å². The van der Waals surface area contributed by atoms with Gasteiger partial charge >= 0.3 is 15.6 Å². The van der Waals surface area contributed by atoms with E-state index in [0.717, 1.165) is 0 Å². The second-order valence-corrected chi connectivity index (χ2v) is 5.74. The Balaban J connectivity index is 0.000000396. The van der Waals surface area contributed by atoms with Crippen molar-refractivity contribution in [3.05, 3.63) is 12.4 Å². The Morgan fingerprint density at radius 2 is 1.40 bits per heavy atom. The number of nitrogens with zero attached hydrogens (tertiary/aromatic N) is 2. The van der Waals surface area contributed by atoms with Crippen molar-refractivity contribution in [3.63, 3.8) is 0 Å². The van der Waals surface area contributed by atoms with Gasteiger partial charge in [0.2, 0.25) is 0 Å². The first-order valence-electron chi connectivity index (χ1n) is 6.28. The third kappa shape index (κ3) is 6.00. The predicted octanol–water partition coefficient (Wildman–Crippen LogP) is 2.64. The summed E-state index contributed by atoms with van der Waals surface area (Å²) in [4.78, 5) is 4.80. The Bertz CT molecular complexity index is 394. The van der Waals surface area contributed by atoms with Gasteiger partial charge in [-0.05, 0) is 19.8 Å². The SMILES string of the molecule is CCCN1C=CN(CCC)C1C.O=S(=O)(O)C(F)(F)F. The van der Waals surface area contributed by atoms with Crippen LogP contribution in [0.5, 0.6) is 0 Å². The quantitative estimate of drug-likeness (QED) is 0.638. The summed E-state index contributed by atoms with van der Waals surface area (Å²) in [5, 5.41) is 0. The monoisotopic (exact) mass is 318 g/mol. The van der Waals surface area contributed by atoms with Gasteiger partial charge in [-0.3, -0.25) is 4.55 Å². The van der Waals surface area contributed by atoms with Crippen LogP contribution in [0.4, 0.5) is 13.2 Å². The number of hydrogen-bond acceptors (Lipinski definition) is 4. The van der Waals surface area contributed by atoms with E-state index in [1.165, 1.54) is 25.9 Å². The van der Waals surface area contributed by atoms with Gasteiger partial charge in [-0.25, -0.2) is 0 Å². The summed E-state index contributed by atoms with van der Waals surface area (Å²) < 4.78 is 57.5. The summed E-state index contributed by atoms with van der Waals surface area (Å²) in [5.74, 6) is 0. The molecule has 1 aliphatic heterocycles. The van der Waals surface area contributed by atoms with Crippen LogP contribution < -0.4 is 0 Å². The molecule has 120 valence electrons. The summed E-state index contributed by atoms with van der Waals surface area (Å²) in [6.45, 7) is 9.08. The second-order valence-electron chi connectivity index (χ2n) is 4.33. The molecule has 0 unspecified atom stereocenters. The summed E-state index contributed by atoms with van der Waals surface area (Å²) in [6.07, 6.45) is 7.46. The third-order valence-electron chi connectivity index (χ3n) is 2.67. The van der Waals surface area contributed by atoms with Crippen LogP contribution >= 0.6 is 0 Å². The minimum absolute atomic E-state index is 0.574. The molecule has 0 aliphatic carbocycles. The molecule has 0 bridgehead atoms. The van der Waals surface area contributed by atoms with E-state index in [4.69, 9.17) is 13.0 Å². The van der Waals surface area contributed by atoms with Crippen LogP contribution in [0.3, 0.4) is 0 Å². The van der Waals surface area contributed by atoms with Crippen molar-refractivity contribution < 1.29 is 26.1 Å². The van der Waals surface area contributed by atoms with E-state index in [0.29, 0.717) is 6.17 Å². The van der Waals surface area contributed by atoms with Crippen LogP contribution in [-0.2, 0) is 10.1 Å². The van der Waals surface area contributed by atoms with Gasteiger partial charge in [0.25, 0.3) is 0 Å². The van der Waals surface area contributed by atoms with Gasteiger partial charge in [0.15, 0.2) is 0 Å². The zero-order chi connectivity index (χ0) is 16.0. The maximum absolute atomic E-state index is 10.7. The molecule has 5 nitrogen and oxygen atoms in total. The van der Waals surface area contributed by atoms with Crippen LogP contribution in [0.25, 0.3) is 0 Å². The molecule has 0 aromatic rings. The zero-order valence-electron chi connectivity index (χ0n) is 11.8. The van der Waals surface area contributed by atoms with E-state index in [2.05, 4.69) is 43.0 Å². The van der Waals surface area contributed by atoms with E-state index in [9.17, 15) is 13.2 Å². The molecule has 9 heteroatoms. The molecule has 0 aromatic carbocycles. The van der Waals surface area contributed by atoms with Gasteiger partial charge in [0, 0.05) is 25.5 Å². The number of rotatable bonds is 4. The molecule has 0 spiro atoms. The average Bonchev–Trinajstić information content (AvgIpc) is 2.61. The smallest absolute Gasteiger partial charge is 0.356 e. The Labute approximate surface area is 117 Å². The van der Waals surface area contributed by atoms with Crippen LogP contribution in [0, 0.1) is 0 Å². The van der Waals surface area contributed by atoms with Crippen LogP contribution in [0.15, 0.2) is 12.4 Å². The standard InChI is InChI=1S/C10H20N2.CHF3O3S/c1-4-6-11-8-9-12(7-5-2)10(11)3;2-1(3,4)8(5,6)7/h8-10H,4-7H2,1-3H3;(H,5,6,7). The van der Waals surface area contributed by atoms with E-state index >= 15 is 0 Å². The van der Waals surface area contributed by atoms with Gasteiger partial charge in [-0.2, -0.15) is 21.6 Å². The Morgan fingerprint density at radius 3 is 1.60 bits per heavy atom. The van der Waals surface area contributed by atoms with Crippen molar-refractivity contribution in [1.82, 2.24) is 9.80 Å². The molecule has 0 aromatic heterocycles. The lowest BCUT2D eigenvalue weighted by Crippen LogP contribution is -2.36. The highest BCUT2D eigenvalue weighted by Crippen LogP contribution is 2.20. The lowest BCUT2D eigenvalue weighted by molar-refractivity contribution is -0.0510. The van der Waals surface area contributed by atoms with Crippen molar-refractivity contribution in [2.45, 2.75) is 45.3 Å². The fourth-order valence-corrected chi connectivity index (χ4v) is 1.65. The molecule has 0 saturated heterocycles. The molecule has 1 aliphatic rings. The topological polar surface area (TPSA) is 60.9 Å². The minimum atomic E-state index is -5.84. The van der Waals surface area contributed by atoms with Gasteiger partial charge < -0.3 is 9.80 Å². The fraction of sp³-hybridized carbons (Fsp3) is 0.818. The molecular weight excluding hydrogens is 297 g/mol. The molecule has 0 amide bonds. The fourth-order valence-electron chi connectivity index (χ4n) is 1.65. The normalized spacial score (nSPS) is 16.4. The summed E-state index contributed by atoms with van der Waals surface area (Å²) in [7, 11) is -5.84. The molecule has 20 heavy (non-hydrogen) atoms. The second kappa shape index (κ2) is 7.72. The van der Waals surface area contributed by atoms with Crippen molar-refractivity contribution in [1.29, 1.82) is 0 Å². The highest BCUT2D eigenvalue weighted by Gasteiger charge is 2.44. The summed E-state index contributed by atoms with van der Waals surface area (Å²) in [5.41, 5.74) is -5.53. The first kappa shape index (κ1) is 19.0. The highest BCUT2D eigenvalue weighted by atomic mass is 32.2. The average molecular weight is 318 g/mol. The summed E-state index contributed by atoms with van der Waals surface area (Å²) >= 11 is 0. The Hall–Kier alpha value is -0.960. The molecule has 1 N–H and O–H groups in total. The third-order valence-corrected chi connectivity index (χ3v) is 3.25. The summed E-state index contributed by atoms with van der Waals surface area (Å²) in [6, 6.07) is 0. The van der Waals surface area contributed by atoms with Crippen molar-refractivity contribution in [2.24, 2.45) is 0 Å². The van der Waals surface area contributed by atoms with E-state index < -0.39 is 15.6 Å². The molecule has 0 atom stereocenters. The Morgan fingerprint density at radius 1 is 1.10 bits per heavy atom. The molecule has 1 heterocycles.